The topological polar surface area (TPSA) is 41.6 Å². The van der Waals surface area contributed by atoms with Crippen molar-refractivity contribution in [1.29, 1.82) is 0 Å². The summed E-state index contributed by atoms with van der Waals surface area (Å²) in [4.78, 5) is 13.6. The van der Waals surface area contributed by atoms with Gasteiger partial charge in [-0.3, -0.25) is 0 Å². The lowest BCUT2D eigenvalue weighted by atomic mass is 10.1. The molecule has 0 heterocycles. The van der Waals surface area contributed by atoms with Gasteiger partial charge in [0.1, 0.15) is 0 Å². The molecular formula is C16H26N2O2. The molecule has 0 spiro atoms. The third kappa shape index (κ3) is 6.06. The Labute approximate surface area is 122 Å². The molecule has 20 heavy (non-hydrogen) atoms. The molecule has 2 amide bonds. The van der Waals surface area contributed by atoms with E-state index >= 15 is 0 Å². The number of amides is 2. The number of urea groups is 1. The number of hydrogen-bond donors (Lipinski definition) is 1. The maximum Gasteiger partial charge on any atom is 0.317 e. The van der Waals surface area contributed by atoms with Crippen molar-refractivity contribution in [3.63, 3.8) is 0 Å². The molecule has 0 aliphatic heterocycles. The highest BCUT2D eigenvalue weighted by atomic mass is 16.5. The summed E-state index contributed by atoms with van der Waals surface area (Å²) in [5, 5.41) is 2.89. The molecule has 0 fully saturated rings. The van der Waals surface area contributed by atoms with Crippen molar-refractivity contribution in [2.75, 3.05) is 26.8 Å². The standard InChI is InChI=1S/C16H26N2O2/c1-4-14-7-9-15(10-8-14)13-18(3)16(19)17-11-6-12-20-5-2/h7-10H,4-6,11-13H2,1-3H3,(H,17,19). The molecule has 0 unspecified atom stereocenters. The number of benzene rings is 1. The molecule has 0 saturated heterocycles. The zero-order chi connectivity index (χ0) is 14.8. The Balaban J connectivity index is 2.29. The van der Waals surface area contributed by atoms with E-state index in [1.807, 2.05) is 14.0 Å². The molecule has 1 aromatic rings. The fourth-order valence-electron chi connectivity index (χ4n) is 1.87. The molecule has 0 atom stereocenters. The van der Waals surface area contributed by atoms with Gasteiger partial charge >= 0.3 is 6.03 Å². The van der Waals surface area contributed by atoms with E-state index in [0.29, 0.717) is 19.7 Å². The van der Waals surface area contributed by atoms with E-state index < -0.39 is 0 Å². The van der Waals surface area contributed by atoms with E-state index in [1.54, 1.807) is 4.90 Å². The maximum atomic E-state index is 11.9. The summed E-state index contributed by atoms with van der Waals surface area (Å²) in [7, 11) is 1.81. The molecule has 112 valence electrons. The Hall–Kier alpha value is -1.55. The lowest BCUT2D eigenvalue weighted by Gasteiger charge is -2.18. The maximum absolute atomic E-state index is 11.9. The minimum absolute atomic E-state index is 0.0407. The second-order valence-electron chi connectivity index (χ2n) is 4.81. The van der Waals surface area contributed by atoms with E-state index in [-0.39, 0.29) is 6.03 Å². The zero-order valence-electron chi connectivity index (χ0n) is 12.8. The average molecular weight is 278 g/mol. The summed E-state index contributed by atoms with van der Waals surface area (Å²) in [6, 6.07) is 8.35. The van der Waals surface area contributed by atoms with E-state index in [2.05, 4.69) is 36.5 Å². The summed E-state index contributed by atoms with van der Waals surface area (Å²) in [6.45, 7) is 6.80. The number of ether oxygens (including phenoxy) is 1. The molecule has 0 aliphatic carbocycles. The Morgan fingerprint density at radius 2 is 1.85 bits per heavy atom. The third-order valence-corrected chi connectivity index (χ3v) is 3.14. The van der Waals surface area contributed by atoms with E-state index in [0.717, 1.165) is 25.0 Å². The third-order valence-electron chi connectivity index (χ3n) is 3.14. The molecule has 0 radical (unpaired) electrons. The SMILES string of the molecule is CCOCCCNC(=O)N(C)Cc1ccc(CC)cc1. The summed E-state index contributed by atoms with van der Waals surface area (Å²) >= 11 is 0. The molecule has 0 bridgehead atoms. The molecule has 0 aliphatic rings. The van der Waals surface area contributed by atoms with Crippen molar-refractivity contribution < 1.29 is 9.53 Å². The molecule has 1 N–H and O–H groups in total. The van der Waals surface area contributed by atoms with Crippen LogP contribution in [0.15, 0.2) is 24.3 Å². The Morgan fingerprint density at radius 3 is 2.45 bits per heavy atom. The van der Waals surface area contributed by atoms with Crippen LogP contribution in [0.3, 0.4) is 0 Å². The van der Waals surface area contributed by atoms with Gasteiger partial charge in [0.2, 0.25) is 0 Å². The van der Waals surface area contributed by atoms with Crippen molar-refractivity contribution in [3.05, 3.63) is 35.4 Å². The smallest absolute Gasteiger partial charge is 0.317 e. The predicted octanol–water partition coefficient (Wildman–Crippen LogP) is 2.82. The molecule has 1 aromatic carbocycles. The number of rotatable bonds is 8. The van der Waals surface area contributed by atoms with Crippen LogP contribution in [0.4, 0.5) is 4.79 Å². The molecule has 4 heteroatoms. The van der Waals surface area contributed by atoms with Crippen molar-refractivity contribution in [1.82, 2.24) is 10.2 Å². The lowest BCUT2D eigenvalue weighted by Crippen LogP contribution is -2.37. The van der Waals surface area contributed by atoms with Crippen LogP contribution < -0.4 is 5.32 Å². The van der Waals surface area contributed by atoms with Crippen LogP contribution in [-0.4, -0.2) is 37.7 Å². The van der Waals surface area contributed by atoms with Gasteiger partial charge in [-0.2, -0.15) is 0 Å². The van der Waals surface area contributed by atoms with Crippen molar-refractivity contribution in [3.8, 4) is 0 Å². The van der Waals surface area contributed by atoms with Crippen LogP contribution >= 0.6 is 0 Å². The number of hydrogen-bond acceptors (Lipinski definition) is 2. The Morgan fingerprint density at radius 1 is 1.20 bits per heavy atom. The molecular weight excluding hydrogens is 252 g/mol. The fraction of sp³-hybridized carbons (Fsp3) is 0.562. The summed E-state index contributed by atoms with van der Waals surface area (Å²) < 4.78 is 5.23. The highest BCUT2D eigenvalue weighted by Crippen LogP contribution is 2.07. The molecule has 4 nitrogen and oxygen atoms in total. The first kappa shape index (κ1) is 16.5. The predicted molar refractivity (Wildman–Crippen MR) is 81.8 cm³/mol. The van der Waals surface area contributed by atoms with Gasteiger partial charge in [0.25, 0.3) is 0 Å². The minimum Gasteiger partial charge on any atom is -0.382 e. The fourth-order valence-corrected chi connectivity index (χ4v) is 1.87. The van der Waals surface area contributed by atoms with E-state index in [9.17, 15) is 4.79 Å². The van der Waals surface area contributed by atoms with Crippen molar-refractivity contribution in [2.24, 2.45) is 0 Å². The highest BCUT2D eigenvalue weighted by Gasteiger charge is 2.07. The zero-order valence-corrected chi connectivity index (χ0v) is 12.8. The van der Waals surface area contributed by atoms with Gasteiger partial charge in [-0.25, -0.2) is 4.79 Å². The number of aryl methyl sites for hydroxylation is 1. The largest absolute Gasteiger partial charge is 0.382 e. The Kier molecular flexibility index (Phi) is 7.73. The molecule has 0 saturated carbocycles. The van der Waals surface area contributed by atoms with Crippen LogP contribution in [0, 0.1) is 0 Å². The van der Waals surface area contributed by atoms with Crippen LogP contribution in [-0.2, 0) is 17.7 Å². The van der Waals surface area contributed by atoms with Gasteiger partial charge in [-0.1, -0.05) is 31.2 Å². The van der Waals surface area contributed by atoms with E-state index in [1.165, 1.54) is 5.56 Å². The van der Waals surface area contributed by atoms with Gasteiger partial charge in [0, 0.05) is 33.4 Å². The van der Waals surface area contributed by atoms with Gasteiger partial charge in [0.15, 0.2) is 0 Å². The van der Waals surface area contributed by atoms with Gasteiger partial charge in [-0.05, 0) is 30.9 Å². The normalized spacial score (nSPS) is 10.3. The number of carbonyl (C=O) groups excluding carboxylic acids is 1. The second-order valence-corrected chi connectivity index (χ2v) is 4.81. The van der Waals surface area contributed by atoms with Gasteiger partial charge < -0.3 is 15.0 Å². The van der Waals surface area contributed by atoms with Crippen LogP contribution in [0.5, 0.6) is 0 Å². The highest BCUT2D eigenvalue weighted by molar-refractivity contribution is 5.73. The first-order valence-corrected chi connectivity index (χ1v) is 7.31. The monoisotopic (exact) mass is 278 g/mol. The number of carbonyl (C=O) groups is 1. The quantitative estimate of drug-likeness (QED) is 0.743. The molecule has 0 aromatic heterocycles. The summed E-state index contributed by atoms with van der Waals surface area (Å²) in [5.41, 5.74) is 2.46. The average Bonchev–Trinajstić information content (AvgIpc) is 2.47. The first-order chi connectivity index (χ1) is 9.67. The van der Waals surface area contributed by atoms with E-state index in [4.69, 9.17) is 4.74 Å². The van der Waals surface area contributed by atoms with Crippen molar-refractivity contribution in [2.45, 2.75) is 33.2 Å². The second kappa shape index (κ2) is 9.37. The number of nitrogens with zero attached hydrogens (tertiary/aromatic N) is 1. The summed E-state index contributed by atoms with van der Waals surface area (Å²) in [6.07, 6.45) is 1.88. The Bertz CT molecular complexity index is 390. The van der Waals surface area contributed by atoms with Gasteiger partial charge in [-0.15, -0.1) is 0 Å². The minimum atomic E-state index is -0.0407. The van der Waals surface area contributed by atoms with Crippen molar-refractivity contribution >= 4 is 6.03 Å². The van der Waals surface area contributed by atoms with Gasteiger partial charge in [0.05, 0.1) is 0 Å². The van der Waals surface area contributed by atoms with Crippen LogP contribution in [0.2, 0.25) is 0 Å². The number of nitrogens with one attached hydrogen (secondary N) is 1. The molecule has 1 rings (SSSR count). The van der Waals surface area contributed by atoms with Crippen LogP contribution in [0.1, 0.15) is 31.4 Å². The van der Waals surface area contributed by atoms with Crippen LogP contribution in [0.25, 0.3) is 0 Å². The summed E-state index contributed by atoms with van der Waals surface area (Å²) in [5.74, 6) is 0. The first-order valence-electron chi connectivity index (χ1n) is 7.31. The lowest BCUT2D eigenvalue weighted by molar-refractivity contribution is 0.144.